The molecule has 0 fully saturated rings. The average molecular weight is 150 g/mol. The molecule has 0 aliphatic rings. The molecule has 0 rings (SSSR count). The molecule has 0 radical (unpaired) electrons. The molecule has 1 N–H and O–H groups in total. The zero-order chi connectivity index (χ0) is 8.15. The number of ether oxygens (including phenoxy) is 1. The van der Waals surface area contributed by atoms with E-state index in [1.807, 2.05) is 0 Å². The predicted octanol–water partition coefficient (Wildman–Crippen LogP) is 0.268. The molecule has 2 atom stereocenters. The van der Waals surface area contributed by atoms with Crippen molar-refractivity contribution in [3.8, 4) is 0 Å². The first-order valence-electron chi connectivity index (χ1n) is 3.08. The summed E-state index contributed by atoms with van der Waals surface area (Å²) in [6.07, 6.45) is -3.21. The average Bonchev–Trinajstić information content (AvgIpc) is 1.87. The van der Waals surface area contributed by atoms with Crippen LogP contribution in [0.3, 0.4) is 0 Å². The van der Waals surface area contributed by atoms with Crippen molar-refractivity contribution in [1.82, 2.24) is 0 Å². The molecule has 0 bridgehead atoms. The zero-order valence-electron chi connectivity index (χ0n) is 6.00. The van der Waals surface area contributed by atoms with Crippen molar-refractivity contribution < 1.29 is 19.0 Å². The summed E-state index contributed by atoms with van der Waals surface area (Å²) >= 11 is 0. The summed E-state index contributed by atoms with van der Waals surface area (Å²) in [4.78, 5) is 10.4. The van der Waals surface area contributed by atoms with E-state index in [9.17, 15) is 9.18 Å². The lowest BCUT2D eigenvalue weighted by molar-refractivity contribution is -0.152. The van der Waals surface area contributed by atoms with E-state index in [1.165, 1.54) is 6.92 Å². The van der Waals surface area contributed by atoms with Crippen LogP contribution in [0, 0.1) is 0 Å². The Morgan fingerprint density at radius 3 is 2.60 bits per heavy atom. The first kappa shape index (κ1) is 9.36. The molecule has 0 amide bonds. The third kappa shape index (κ3) is 2.77. The van der Waals surface area contributed by atoms with Crippen LogP contribution in [0.15, 0.2) is 0 Å². The normalized spacial score (nSPS) is 16.0. The molecule has 10 heavy (non-hydrogen) atoms. The molecule has 3 nitrogen and oxygen atoms in total. The van der Waals surface area contributed by atoms with Gasteiger partial charge in [0.2, 0.25) is 6.17 Å². The van der Waals surface area contributed by atoms with Crippen molar-refractivity contribution in [3.63, 3.8) is 0 Å². The lowest BCUT2D eigenvalue weighted by Gasteiger charge is -2.08. The van der Waals surface area contributed by atoms with Gasteiger partial charge in [-0.15, -0.1) is 0 Å². The van der Waals surface area contributed by atoms with Gasteiger partial charge < -0.3 is 9.84 Å². The number of esters is 1. The Labute approximate surface area is 58.8 Å². The number of carbonyl (C=O) groups excluding carboxylic acids is 1. The summed E-state index contributed by atoms with van der Waals surface area (Å²) in [7, 11) is 0. The lowest BCUT2D eigenvalue weighted by Crippen LogP contribution is -2.29. The zero-order valence-corrected chi connectivity index (χ0v) is 6.00. The smallest absolute Gasteiger partial charge is 0.343 e. The Balaban J connectivity index is 3.71. The van der Waals surface area contributed by atoms with E-state index in [1.54, 1.807) is 6.92 Å². The number of aliphatic hydroxyl groups is 1. The second-order valence-electron chi connectivity index (χ2n) is 1.89. The van der Waals surface area contributed by atoms with Crippen LogP contribution in [0.25, 0.3) is 0 Å². The van der Waals surface area contributed by atoms with Gasteiger partial charge in [-0.25, -0.2) is 9.18 Å². The molecule has 0 aliphatic carbocycles. The van der Waals surface area contributed by atoms with Gasteiger partial charge in [0.25, 0.3) is 0 Å². The second-order valence-corrected chi connectivity index (χ2v) is 1.89. The monoisotopic (exact) mass is 150 g/mol. The highest BCUT2D eigenvalue weighted by atomic mass is 19.1. The summed E-state index contributed by atoms with van der Waals surface area (Å²) in [5, 5.41) is 8.54. The van der Waals surface area contributed by atoms with E-state index in [0.717, 1.165) is 0 Å². The third-order valence-corrected chi connectivity index (χ3v) is 0.935. The van der Waals surface area contributed by atoms with Crippen molar-refractivity contribution in [3.05, 3.63) is 0 Å². The number of alkyl halides is 1. The fourth-order valence-electron chi connectivity index (χ4n) is 0.419. The van der Waals surface area contributed by atoms with Crippen molar-refractivity contribution >= 4 is 5.97 Å². The van der Waals surface area contributed by atoms with Gasteiger partial charge in [-0.1, -0.05) is 0 Å². The SMILES string of the molecule is CCOC(=O)[C@H](F)[C@@H](C)O. The third-order valence-electron chi connectivity index (χ3n) is 0.935. The lowest BCUT2D eigenvalue weighted by atomic mass is 10.2. The van der Waals surface area contributed by atoms with Gasteiger partial charge in [0.1, 0.15) is 0 Å². The van der Waals surface area contributed by atoms with Crippen LogP contribution in [0.1, 0.15) is 13.8 Å². The molecule has 60 valence electrons. The van der Waals surface area contributed by atoms with Crippen molar-refractivity contribution in [1.29, 1.82) is 0 Å². The number of rotatable bonds is 3. The van der Waals surface area contributed by atoms with E-state index in [2.05, 4.69) is 4.74 Å². The molecule has 0 aromatic rings. The summed E-state index contributed by atoms with van der Waals surface area (Å²) in [6, 6.07) is 0. The Morgan fingerprint density at radius 1 is 1.80 bits per heavy atom. The minimum atomic E-state index is -1.92. The number of hydrogen-bond donors (Lipinski definition) is 1. The van der Waals surface area contributed by atoms with Gasteiger partial charge >= 0.3 is 5.97 Å². The highest BCUT2D eigenvalue weighted by Gasteiger charge is 2.23. The van der Waals surface area contributed by atoms with Gasteiger partial charge in [0.15, 0.2) is 0 Å². The van der Waals surface area contributed by atoms with Gasteiger partial charge in [0.05, 0.1) is 12.7 Å². The van der Waals surface area contributed by atoms with Crippen LogP contribution in [0.2, 0.25) is 0 Å². The Bertz CT molecular complexity index is 114. The predicted molar refractivity (Wildman–Crippen MR) is 33.2 cm³/mol. The van der Waals surface area contributed by atoms with Gasteiger partial charge in [-0.05, 0) is 13.8 Å². The molecule has 0 saturated carbocycles. The van der Waals surface area contributed by atoms with Crippen LogP contribution >= 0.6 is 0 Å². The molecular formula is C6H11FO3. The summed E-state index contributed by atoms with van der Waals surface area (Å²) < 4.78 is 16.7. The van der Waals surface area contributed by atoms with Gasteiger partial charge in [-0.3, -0.25) is 0 Å². The van der Waals surface area contributed by atoms with Gasteiger partial charge in [0, 0.05) is 0 Å². The molecular weight excluding hydrogens is 139 g/mol. The molecule has 0 aromatic carbocycles. The van der Waals surface area contributed by atoms with Crippen LogP contribution < -0.4 is 0 Å². The molecule has 0 heterocycles. The standard InChI is InChI=1S/C6H11FO3/c1-3-10-6(9)5(7)4(2)8/h4-5,8H,3H2,1-2H3/t4-,5-/m1/s1. The maximum Gasteiger partial charge on any atom is 0.343 e. The fraction of sp³-hybridized carbons (Fsp3) is 0.833. The number of aliphatic hydroxyl groups excluding tert-OH is 1. The summed E-state index contributed by atoms with van der Waals surface area (Å²) in [5.41, 5.74) is 0. The maximum absolute atomic E-state index is 12.4. The molecule has 0 spiro atoms. The Hall–Kier alpha value is -0.640. The molecule has 4 heteroatoms. The van der Waals surface area contributed by atoms with Crippen LogP contribution in [0.4, 0.5) is 4.39 Å². The van der Waals surface area contributed by atoms with E-state index in [4.69, 9.17) is 5.11 Å². The van der Waals surface area contributed by atoms with Crippen LogP contribution in [0.5, 0.6) is 0 Å². The first-order chi connectivity index (χ1) is 4.59. The fourth-order valence-corrected chi connectivity index (χ4v) is 0.419. The Morgan fingerprint density at radius 2 is 2.30 bits per heavy atom. The van der Waals surface area contributed by atoms with E-state index in [0.29, 0.717) is 0 Å². The summed E-state index contributed by atoms with van der Waals surface area (Å²) in [6.45, 7) is 2.90. The topological polar surface area (TPSA) is 46.5 Å². The van der Waals surface area contributed by atoms with Crippen molar-refractivity contribution in [2.24, 2.45) is 0 Å². The first-order valence-corrected chi connectivity index (χ1v) is 3.08. The van der Waals surface area contributed by atoms with E-state index < -0.39 is 18.2 Å². The van der Waals surface area contributed by atoms with Crippen LogP contribution in [-0.2, 0) is 9.53 Å². The van der Waals surface area contributed by atoms with Crippen molar-refractivity contribution in [2.45, 2.75) is 26.1 Å². The maximum atomic E-state index is 12.4. The minimum Gasteiger partial charge on any atom is -0.464 e. The molecule has 0 unspecified atom stereocenters. The van der Waals surface area contributed by atoms with E-state index >= 15 is 0 Å². The minimum absolute atomic E-state index is 0.131. The van der Waals surface area contributed by atoms with Crippen LogP contribution in [-0.4, -0.2) is 30.0 Å². The molecule has 0 aliphatic heterocycles. The molecule has 0 saturated heterocycles. The molecule has 0 aromatic heterocycles. The quantitative estimate of drug-likeness (QED) is 0.587. The Kier molecular flexibility index (Phi) is 3.95. The van der Waals surface area contributed by atoms with E-state index in [-0.39, 0.29) is 6.61 Å². The highest BCUT2D eigenvalue weighted by molar-refractivity contribution is 5.75. The van der Waals surface area contributed by atoms with Gasteiger partial charge in [-0.2, -0.15) is 0 Å². The number of hydrogen-bond acceptors (Lipinski definition) is 3. The second kappa shape index (κ2) is 4.22. The van der Waals surface area contributed by atoms with Crippen molar-refractivity contribution in [2.75, 3.05) is 6.61 Å². The highest BCUT2D eigenvalue weighted by Crippen LogP contribution is 2.00. The summed E-state index contributed by atoms with van der Waals surface area (Å²) in [5.74, 6) is -1.00. The number of halogens is 1. The largest absolute Gasteiger partial charge is 0.464 e. The number of carbonyl (C=O) groups is 1.